The molecule has 220 valence electrons. The average Bonchev–Trinajstić information content (AvgIpc) is 2.93. The number of rotatable bonds is 12. The Morgan fingerprint density at radius 1 is 0.902 bits per heavy atom. The van der Waals surface area contributed by atoms with Crippen LogP contribution in [0.2, 0.25) is 15.1 Å². The van der Waals surface area contributed by atoms with E-state index in [0.717, 1.165) is 9.87 Å². The van der Waals surface area contributed by atoms with Crippen LogP contribution in [0, 0.1) is 6.92 Å². The van der Waals surface area contributed by atoms with Gasteiger partial charge in [-0.3, -0.25) is 13.9 Å². The highest BCUT2D eigenvalue weighted by Crippen LogP contribution is 2.28. The first kappa shape index (κ1) is 32.7. The molecule has 0 bridgehead atoms. The molecule has 2 amide bonds. The molecule has 3 aromatic rings. The number of anilines is 1. The Morgan fingerprint density at radius 2 is 1.59 bits per heavy atom. The van der Waals surface area contributed by atoms with Gasteiger partial charge in [0.25, 0.3) is 10.0 Å². The lowest BCUT2D eigenvalue weighted by Crippen LogP contribution is -2.53. The number of aryl methyl sites for hydroxylation is 1. The van der Waals surface area contributed by atoms with E-state index >= 15 is 0 Å². The molecule has 0 unspecified atom stereocenters. The molecule has 7 nitrogen and oxygen atoms in total. The van der Waals surface area contributed by atoms with Crippen molar-refractivity contribution in [3.63, 3.8) is 0 Å². The van der Waals surface area contributed by atoms with E-state index < -0.39 is 28.5 Å². The molecule has 0 fully saturated rings. The van der Waals surface area contributed by atoms with Crippen LogP contribution in [-0.2, 0) is 26.2 Å². The molecule has 0 aliphatic carbocycles. The SMILES string of the molecule is CC[C@@H](C)NC(=O)[C@@H](CC)N(Cc1ccc(Cl)c(Cl)c1)C(=O)CN(c1cccc(C)c1)S(=O)(=O)c1ccc(Cl)cc1. The number of nitrogens with one attached hydrogen (secondary N) is 1. The molecule has 3 aromatic carbocycles. The second-order valence-corrected chi connectivity index (χ2v) is 12.9. The van der Waals surface area contributed by atoms with Gasteiger partial charge in [0.1, 0.15) is 12.6 Å². The number of hydrogen-bond acceptors (Lipinski definition) is 4. The average molecular weight is 639 g/mol. The fourth-order valence-electron chi connectivity index (χ4n) is 4.24. The van der Waals surface area contributed by atoms with Crippen molar-refractivity contribution in [1.29, 1.82) is 0 Å². The molecule has 11 heteroatoms. The summed E-state index contributed by atoms with van der Waals surface area (Å²) in [5, 5.41) is 4.00. The largest absolute Gasteiger partial charge is 0.352 e. The minimum Gasteiger partial charge on any atom is -0.352 e. The van der Waals surface area contributed by atoms with Crippen molar-refractivity contribution in [2.24, 2.45) is 0 Å². The highest BCUT2D eigenvalue weighted by molar-refractivity contribution is 7.92. The number of benzene rings is 3. The normalized spacial score (nSPS) is 12.9. The Hall–Kier alpha value is -2.78. The van der Waals surface area contributed by atoms with Gasteiger partial charge in [0, 0.05) is 17.6 Å². The van der Waals surface area contributed by atoms with Gasteiger partial charge in [0.05, 0.1) is 20.6 Å². The lowest BCUT2D eigenvalue weighted by molar-refractivity contribution is -0.140. The van der Waals surface area contributed by atoms with Gasteiger partial charge in [0.15, 0.2) is 0 Å². The Bertz CT molecular complexity index is 1480. The molecule has 1 N–H and O–H groups in total. The number of carbonyl (C=O) groups excluding carboxylic acids is 2. The molecule has 0 aliphatic heterocycles. The molecule has 0 heterocycles. The van der Waals surface area contributed by atoms with E-state index in [1.54, 1.807) is 43.3 Å². The number of hydrogen-bond donors (Lipinski definition) is 1. The number of amides is 2. The van der Waals surface area contributed by atoms with Crippen molar-refractivity contribution in [2.75, 3.05) is 10.8 Å². The lowest BCUT2D eigenvalue weighted by Gasteiger charge is -2.34. The third-order valence-corrected chi connectivity index (χ3v) is 9.47. The molecule has 0 saturated carbocycles. The van der Waals surface area contributed by atoms with E-state index in [1.165, 1.54) is 29.2 Å². The fourth-order valence-corrected chi connectivity index (χ4v) is 6.09. The molecule has 0 aromatic heterocycles. The number of carbonyl (C=O) groups is 2. The van der Waals surface area contributed by atoms with E-state index in [1.807, 2.05) is 26.8 Å². The Labute approximate surface area is 257 Å². The summed E-state index contributed by atoms with van der Waals surface area (Å²) in [7, 11) is -4.19. The van der Waals surface area contributed by atoms with E-state index in [9.17, 15) is 18.0 Å². The zero-order valence-electron chi connectivity index (χ0n) is 23.4. The van der Waals surface area contributed by atoms with E-state index in [-0.39, 0.29) is 23.4 Å². The van der Waals surface area contributed by atoms with Gasteiger partial charge < -0.3 is 10.2 Å². The van der Waals surface area contributed by atoms with Gasteiger partial charge in [-0.25, -0.2) is 8.42 Å². The summed E-state index contributed by atoms with van der Waals surface area (Å²) in [4.78, 5) is 28.9. The summed E-state index contributed by atoms with van der Waals surface area (Å²) in [6.07, 6.45) is 1.02. The van der Waals surface area contributed by atoms with Gasteiger partial charge >= 0.3 is 0 Å². The maximum absolute atomic E-state index is 14.1. The molecule has 0 saturated heterocycles. The van der Waals surface area contributed by atoms with Crippen LogP contribution in [0.3, 0.4) is 0 Å². The summed E-state index contributed by atoms with van der Waals surface area (Å²) < 4.78 is 28.9. The summed E-state index contributed by atoms with van der Waals surface area (Å²) >= 11 is 18.4. The van der Waals surface area contributed by atoms with Crippen LogP contribution in [0.5, 0.6) is 0 Å². The Balaban J connectivity index is 2.08. The quantitative estimate of drug-likeness (QED) is 0.235. The van der Waals surface area contributed by atoms with Gasteiger partial charge in [-0.2, -0.15) is 0 Å². The van der Waals surface area contributed by atoms with Crippen LogP contribution in [0.1, 0.15) is 44.7 Å². The molecule has 41 heavy (non-hydrogen) atoms. The van der Waals surface area contributed by atoms with Gasteiger partial charge in [-0.05, 0) is 86.3 Å². The monoisotopic (exact) mass is 637 g/mol. The van der Waals surface area contributed by atoms with E-state index in [2.05, 4.69) is 5.32 Å². The van der Waals surface area contributed by atoms with Crippen LogP contribution in [0.15, 0.2) is 71.6 Å². The van der Waals surface area contributed by atoms with Crippen LogP contribution in [0.4, 0.5) is 5.69 Å². The smallest absolute Gasteiger partial charge is 0.264 e. The predicted octanol–water partition coefficient (Wildman–Crippen LogP) is 6.87. The van der Waals surface area contributed by atoms with Crippen molar-refractivity contribution < 1.29 is 18.0 Å². The number of sulfonamides is 1. The summed E-state index contributed by atoms with van der Waals surface area (Å²) in [5.41, 5.74) is 1.78. The first-order chi connectivity index (χ1) is 19.4. The predicted molar refractivity (Wildman–Crippen MR) is 166 cm³/mol. The highest BCUT2D eigenvalue weighted by atomic mass is 35.5. The summed E-state index contributed by atoms with van der Waals surface area (Å²) in [5.74, 6) is -0.876. The summed E-state index contributed by atoms with van der Waals surface area (Å²) in [6, 6.07) is 16.6. The minimum atomic E-state index is -4.19. The highest BCUT2D eigenvalue weighted by Gasteiger charge is 2.34. The van der Waals surface area contributed by atoms with Crippen molar-refractivity contribution in [1.82, 2.24) is 10.2 Å². The van der Waals surface area contributed by atoms with Gasteiger partial charge in [-0.15, -0.1) is 0 Å². The molecule has 2 atom stereocenters. The Morgan fingerprint density at radius 3 is 2.17 bits per heavy atom. The van der Waals surface area contributed by atoms with E-state index in [0.29, 0.717) is 39.2 Å². The third-order valence-electron chi connectivity index (χ3n) is 6.69. The molecular weight excluding hydrogens is 605 g/mol. The van der Waals surface area contributed by atoms with Crippen LogP contribution >= 0.6 is 34.8 Å². The standard InChI is InChI=1S/C30H34Cl3N3O4S/c1-5-21(4)34-30(38)28(6-2)35(18-22-10-15-26(32)27(33)17-22)29(37)19-36(24-9-7-8-20(3)16-24)41(39,40)25-13-11-23(31)12-14-25/h7-17,21,28H,5-6,18-19H2,1-4H3,(H,34,38)/t21-,28-/m1/s1. The second-order valence-electron chi connectivity index (χ2n) is 9.82. The second kappa shape index (κ2) is 14.4. The van der Waals surface area contributed by atoms with Crippen LogP contribution in [-0.4, -0.2) is 43.8 Å². The van der Waals surface area contributed by atoms with Crippen molar-refractivity contribution in [3.8, 4) is 0 Å². The van der Waals surface area contributed by atoms with Crippen LogP contribution < -0.4 is 9.62 Å². The molecular formula is C30H34Cl3N3O4S. The maximum Gasteiger partial charge on any atom is 0.264 e. The third kappa shape index (κ3) is 8.38. The molecule has 0 aliphatic rings. The lowest BCUT2D eigenvalue weighted by atomic mass is 10.1. The van der Waals surface area contributed by atoms with Crippen molar-refractivity contribution in [3.05, 3.63) is 92.9 Å². The maximum atomic E-state index is 14.1. The van der Waals surface area contributed by atoms with Crippen LogP contribution in [0.25, 0.3) is 0 Å². The first-order valence-electron chi connectivity index (χ1n) is 13.3. The van der Waals surface area contributed by atoms with E-state index in [4.69, 9.17) is 34.8 Å². The zero-order valence-corrected chi connectivity index (χ0v) is 26.5. The van der Waals surface area contributed by atoms with Gasteiger partial charge in [-0.1, -0.05) is 66.8 Å². The minimum absolute atomic E-state index is 0.0187. The fraction of sp³-hybridized carbons (Fsp3) is 0.333. The van der Waals surface area contributed by atoms with Gasteiger partial charge in [0.2, 0.25) is 11.8 Å². The van der Waals surface area contributed by atoms with Crippen molar-refractivity contribution in [2.45, 2.75) is 64.1 Å². The zero-order chi connectivity index (χ0) is 30.3. The van der Waals surface area contributed by atoms with Crippen molar-refractivity contribution >= 4 is 62.3 Å². The first-order valence-corrected chi connectivity index (χ1v) is 15.8. The number of halogens is 3. The molecule has 0 spiro atoms. The molecule has 0 radical (unpaired) electrons. The molecule has 3 rings (SSSR count). The number of nitrogens with zero attached hydrogens (tertiary/aromatic N) is 2. The Kier molecular flexibility index (Phi) is 11.5. The topological polar surface area (TPSA) is 86.8 Å². The summed E-state index contributed by atoms with van der Waals surface area (Å²) in [6.45, 7) is 6.95.